The van der Waals surface area contributed by atoms with E-state index in [2.05, 4.69) is 0 Å². The number of nitrogens with zero attached hydrogens (tertiary/aromatic N) is 1. The standard InChI is InChI=1S/C18H11NO3/c20-18-14-6-2-1-5-13(14)17-12(10-19(21)22)9-8-11-4-3-7-15(18)16(11)17/h1-9H,10H2. The molecule has 3 aromatic rings. The molecule has 0 aromatic heterocycles. The van der Waals surface area contributed by atoms with E-state index < -0.39 is 0 Å². The van der Waals surface area contributed by atoms with Gasteiger partial charge in [-0.25, -0.2) is 0 Å². The summed E-state index contributed by atoms with van der Waals surface area (Å²) in [6, 6.07) is 16.5. The van der Waals surface area contributed by atoms with E-state index in [9.17, 15) is 14.9 Å². The van der Waals surface area contributed by atoms with Gasteiger partial charge in [-0.2, -0.15) is 0 Å². The molecule has 106 valence electrons. The Morgan fingerprint density at radius 1 is 0.864 bits per heavy atom. The van der Waals surface area contributed by atoms with Crippen LogP contribution < -0.4 is 0 Å². The van der Waals surface area contributed by atoms with Gasteiger partial charge in [-0.1, -0.05) is 54.6 Å². The molecule has 3 aromatic carbocycles. The average Bonchev–Trinajstić information content (AvgIpc) is 2.52. The fraction of sp³-hybridized carbons (Fsp3) is 0.0556. The normalized spacial score (nSPS) is 12.3. The average molecular weight is 289 g/mol. The summed E-state index contributed by atoms with van der Waals surface area (Å²) >= 11 is 0. The van der Waals surface area contributed by atoms with Gasteiger partial charge in [-0.3, -0.25) is 14.9 Å². The number of fused-ring (bicyclic) bond motifs is 2. The van der Waals surface area contributed by atoms with Gasteiger partial charge in [0.05, 0.1) is 0 Å². The topological polar surface area (TPSA) is 60.2 Å². The predicted octanol–water partition coefficient (Wildman–Crippen LogP) is 3.83. The zero-order chi connectivity index (χ0) is 15.3. The summed E-state index contributed by atoms with van der Waals surface area (Å²) in [6.07, 6.45) is 0. The van der Waals surface area contributed by atoms with Crippen LogP contribution in [0.2, 0.25) is 0 Å². The highest BCUT2D eigenvalue weighted by atomic mass is 16.6. The second kappa shape index (κ2) is 4.49. The molecule has 0 amide bonds. The molecule has 0 radical (unpaired) electrons. The van der Waals surface area contributed by atoms with Gasteiger partial charge in [0.25, 0.3) is 0 Å². The molecule has 4 heteroatoms. The van der Waals surface area contributed by atoms with E-state index in [1.54, 1.807) is 18.2 Å². The Morgan fingerprint density at radius 2 is 1.59 bits per heavy atom. The van der Waals surface area contributed by atoms with E-state index in [4.69, 9.17) is 0 Å². The van der Waals surface area contributed by atoms with Gasteiger partial charge in [-0.05, 0) is 10.9 Å². The summed E-state index contributed by atoms with van der Waals surface area (Å²) in [6.45, 7) is -0.248. The minimum absolute atomic E-state index is 0.0213. The lowest BCUT2D eigenvalue weighted by molar-refractivity contribution is -0.496. The summed E-state index contributed by atoms with van der Waals surface area (Å²) in [5.41, 5.74) is 3.48. The lowest BCUT2D eigenvalue weighted by Crippen LogP contribution is -2.12. The van der Waals surface area contributed by atoms with Gasteiger partial charge in [0, 0.05) is 32.6 Å². The van der Waals surface area contributed by atoms with Crippen molar-refractivity contribution in [2.75, 3.05) is 0 Å². The Bertz CT molecular complexity index is 960. The van der Waals surface area contributed by atoms with E-state index in [0.717, 1.165) is 21.9 Å². The molecule has 1 aliphatic carbocycles. The quantitative estimate of drug-likeness (QED) is 0.416. The third-order valence-electron chi connectivity index (χ3n) is 4.12. The maximum atomic E-state index is 12.7. The molecule has 0 saturated heterocycles. The van der Waals surface area contributed by atoms with Crippen molar-refractivity contribution in [3.8, 4) is 11.1 Å². The first-order valence-corrected chi connectivity index (χ1v) is 6.97. The Hall–Kier alpha value is -3.01. The zero-order valence-electron chi connectivity index (χ0n) is 11.6. The van der Waals surface area contributed by atoms with Crippen LogP contribution in [0.15, 0.2) is 54.6 Å². The Balaban J connectivity index is 2.19. The van der Waals surface area contributed by atoms with Crippen molar-refractivity contribution >= 4 is 16.6 Å². The fourth-order valence-electron chi connectivity index (χ4n) is 3.23. The Morgan fingerprint density at radius 3 is 2.36 bits per heavy atom. The number of benzene rings is 3. The van der Waals surface area contributed by atoms with Gasteiger partial charge in [0.1, 0.15) is 0 Å². The second-order valence-electron chi connectivity index (χ2n) is 5.37. The highest BCUT2D eigenvalue weighted by Crippen LogP contribution is 2.41. The van der Waals surface area contributed by atoms with Crippen molar-refractivity contribution in [1.29, 1.82) is 0 Å². The molecule has 4 rings (SSSR count). The van der Waals surface area contributed by atoms with Crippen LogP contribution in [0.3, 0.4) is 0 Å². The van der Waals surface area contributed by atoms with Crippen LogP contribution >= 0.6 is 0 Å². The minimum atomic E-state index is -0.334. The smallest absolute Gasteiger partial charge is 0.229 e. The first-order chi connectivity index (χ1) is 10.7. The molecule has 0 heterocycles. The lowest BCUT2D eigenvalue weighted by Gasteiger charge is -2.21. The molecular formula is C18H11NO3. The third-order valence-corrected chi connectivity index (χ3v) is 4.12. The Labute approximate surface area is 126 Å². The van der Waals surface area contributed by atoms with E-state index >= 15 is 0 Å². The summed E-state index contributed by atoms with van der Waals surface area (Å²) in [4.78, 5) is 23.4. The molecule has 0 spiro atoms. The minimum Gasteiger partial charge on any atom is -0.289 e. The van der Waals surface area contributed by atoms with Crippen molar-refractivity contribution < 1.29 is 9.72 Å². The number of carbonyl (C=O) groups excluding carboxylic acids is 1. The largest absolute Gasteiger partial charge is 0.289 e. The summed E-state index contributed by atoms with van der Waals surface area (Å²) < 4.78 is 0. The molecular weight excluding hydrogens is 278 g/mol. The second-order valence-corrected chi connectivity index (χ2v) is 5.37. The molecule has 0 bridgehead atoms. The number of nitro groups is 1. The summed E-state index contributed by atoms with van der Waals surface area (Å²) in [7, 11) is 0. The number of hydrogen-bond donors (Lipinski definition) is 0. The first-order valence-electron chi connectivity index (χ1n) is 6.97. The van der Waals surface area contributed by atoms with Crippen molar-refractivity contribution in [3.63, 3.8) is 0 Å². The number of hydrogen-bond acceptors (Lipinski definition) is 3. The molecule has 0 N–H and O–H groups in total. The van der Waals surface area contributed by atoms with Crippen LogP contribution in [0.5, 0.6) is 0 Å². The molecule has 0 fully saturated rings. The van der Waals surface area contributed by atoms with Crippen LogP contribution in [0, 0.1) is 10.1 Å². The van der Waals surface area contributed by atoms with Gasteiger partial charge >= 0.3 is 0 Å². The van der Waals surface area contributed by atoms with E-state index in [0.29, 0.717) is 16.7 Å². The van der Waals surface area contributed by atoms with Gasteiger partial charge in [0.15, 0.2) is 5.78 Å². The van der Waals surface area contributed by atoms with Crippen LogP contribution in [0.25, 0.3) is 21.9 Å². The third kappa shape index (κ3) is 1.67. The fourth-order valence-corrected chi connectivity index (χ4v) is 3.23. The number of carbonyl (C=O) groups is 1. The molecule has 0 saturated carbocycles. The maximum Gasteiger partial charge on any atom is 0.229 e. The highest BCUT2D eigenvalue weighted by molar-refractivity contribution is 6.26. The van der Waals surface area contributed by atoms with Crippen LogP contribution in [-0.4, -0.2) is 10.7 Å². The molecule has 0 atom stereocenters. The van der Waals surface area contributed by atoms with Crippen LogP contribution in [0.4, 0.5) is 0 Å². The van der Waals surface area contributed by atoms with Crippen molar-refractivity contribution in [2.24, 2.45) is 0 Å². The molecule has 4 nitrogen and oxygen atoms in total. The number of rotatable bonds is 2. The summed E-state index contributed by atoms with van der Waals surface area (Å²) in [5, 5.41) is 12.7. The zero-order valence-corrected chi connectivity index (χ0v) is 11.6. The first kappa shape index (κ1) is 12.7. The van der Waals surface area contributed by atoms with E-state index in [-0.39, 0.29) is 17.3 Å². The van der Waals surface area contributed by atoms with Gasteiger partial charge in [0.2, 0.25) is 6.54 Å². The van der Waals surface area contributed by atoms with Gasteiger partial charge < -0.3 is 0 Å². The van der Waals surface area contributed by atoms with E-state index in [1.165, 1.54) is 0 Å². The van der Waals surface area contributed by atoms with Crippen molar-refractivity contribution in [2.45, 2.75) is 6.54 Å². The summed E-state index contributed by atoms with van der Waals surface area (Å²) in [5.74, 6) is -0.0213. The van der Waals surface area contributed by atoms with Crippen molar-refractivity contribution in [1.82, 2.24) is 0 Å². The van der Waals surface area contributed by atoms with Crippen LogP contribution in [-0.2, 0) is 6.54 Å². The monoisotopic (exact) mass is 289 g/mol. The highest BCUT2D eigenvalue weighted by Gasteiger charge is 2.27. The van der Waals surface area contributed by atoms with Crippen LogP contribution in [0.1, 0.15) is 21.5 Å². The Kier molecular flexibility index (Phi) is 2.60. The SMILES string of the molecule is O=C1c2ccccc2-c2c(C[N+](=O)[O-])ccc3cccc1c23. The van der Waals surface area contributed by atoms with E-state index in [1.807, 2.05) is 36.4 Å². The molecule has 1 aliphatic rings. The molecule has 22 heavy (non-hydrogen) atoms. The van der Waals surface area contributed by atoms with Gasteiger partial charge in [-0.15, -0.1) is 0 Å². The number of ketones is 1. The maximum absolute atomic E-state index is 12.7. The van der Waals surface area contributed by atoms with Crippen molar-refractivity contribution in [3.05, 3.63) is 81.4 Å². The lowest BCUT2D eigenvalue weighted by atomic mass is 9.80. The molecule has 0 aliphatic heterocycles. The predicted molar refractivity (Wildman–Crippen MR) is 83.5 cm³/mol. The molecule has 0 unspecified atom stereocenters.